The van der Waals surface area contributed by atoms with Gasteiger partial charge in [0.1, 0.15) is 11.5 Å². The highest BCUT2D eigenvalue weighted by Gasteiger charge is 2.10. The lowest BCUT2D eigenvalue weighted by Crippen LogP contribution is -2.17. The maximum atomic E-state index is 11.8. The molecule has 0 heterocycles. The number of nitrogens with zero attached hydrogens (tertiary/aromatic N) is 1. The molecule has 0 aliphatic carbocycles. The second-order valence-corrected chi connectivity index (χ2v) is 4.89. The summed E-state index contributed by atoms with van der Waals surface area (Å²) in [6, 6.07) is 8.53. The summed E-state index contributed by atoms with van der Waals surface area (Å²) >= 11 is 11.6. The summed E-state index contributed by atoms with van der Waals surface area (Å²) < 4.78 is 0. The van der Waals surface area contributed by atoms with Crippen molar-refractivity contribution >= 4 is 35.3 Å². The molecule has 2 aromatic carbocycles. The Labute approximate surface area is 130 Å². The van der Waals surface area contributed by atoms with Gasteiger partial charge in [0.25, 0.3) is 5.91 Å². The Hall–Kier alpha value is -2.24. The number of hydrogen-bond acceptors (Lipinski definition) is 4. The fourth-order valence-electron chi connectivity index (χ4n) is 1.53. The predicted octanol–water partition coefficient (Wildman–Crippen LogP) is 3.17. The lowest BCUT2D eigenvalue weighted by Gasteiger charge is -2.03. The first kappa shape index (κ1) is 15.2. The minimum atomic E-state index is -0.608. The van der Waals surface area contributed by atoms with Gasteiger partial charge < -0.3 is 10.2 Å². The molecule has 0 saturated heterocycles. The van der Waals surface area contributed by atoms with E-state index >= 15 is 0 Å². The van der Waals surface area contributed by atoms with E-state index in [1.807, 2.05) is 0 Å². The molecule has 0 unspecified atom stereocenters. The van der Waals surface area contributed by atoms with E-state index in [9.17, 15) is 9.90 Å². The Bertz CT molecular complexity index is 717. The number of nitrogens with one attached hydrogen (secondary N) is 1. The van der Waals surface area contributed by atoms with Crippen LogP contribution in [0.1, 0.15) is 15.9 Å². The molecule has 7 heteroatoms. The molecule has 0 spiro atoms. The van der Waals surface area contributed by atoms with Gasteiger partial charge in [-0.2, -0.15) is 5.10 Å². The normalized spacial score (nSPS) is 10.8. The average Bonchev–Trinajstić information content (AvgIpc) is 2.42. The van der Waals surface area contributed by atoms with Crippen LogP contribution in [0.3, 0.4) is 0 Å². The number of hydrazone groups is 1. The van der Waals surface area contributed by atoms with Gasteiger partial charge in [-0.15, -0.1) is 0 Å². The van der Waals surface area contributed by atoms with Crippen LogP contribution in [0.25, 0.3) is 0 Å². The zero-order valence-corrected chi connectivity index (χ0v) is 12.1. The quantitative estimate of drug-likeness (QED) is 0.599. The van der Waals surface area contributed by atoms with Gasteiger partial charge in [0.2, 0.25) is 0 Å². The van der Waals surface area contributed by atoms with E-state index in [1.165, 1.54) is 18.3 Å². The van der Waals surface area contributed by atoms with Gasteiger partial charge in [-0.1, -0.05) is 29.3 Å². The van der Waals surface area contributed by atoms with Gasteiger partial charge in [-0.05, 0) is 29.8 Å². The third-order valence-corrected chi connectivity index (χ3v) is 3.29. The molecule has 0 atom stereocenters. The largest absolute Gasteiger partial charge is 0.508 e. The second-order valence-electron chi connectivity index (χ2n) is 4.07. The van der Waals surface area contributed by atoms with E-state index < -0.39 is 5.91 Å². The molecule has 5 nitrogen and oxygen atoms in total. The topological polar surface area (TPSA) is 81.9 Å². The van der Waals surface area contributed by atoms with Crippen molar-refractivity contribution in [2.45, 2.75) is 0 Å². The fourth-order valence-corrected chi connectivity index (χ4v) is 1.84. The number of amides is 1. The molecule has 1 amide bonds. The molecule has 0 fully saturated rings. The van der Waals surface area contributed by atoms with E-state index in [1.54, 1.807) is 18.2 Å². The monoisotopic (exact) mass is 324 g/mol. The molecule has 2 rings (SSSR count). The van der Waals surface area contributed by atoms with Crippen molar-refractivity contribution in [3.05, 3.63) is 57.6 Å². The summed E-state index contributed by atoms with van der Waals surface area (Å²) in [5.41, 5.74) is 2.91. The molecule has 0 saturated carbocycles. The third kappa shape index (κ3) is 3.87. The molecular weight excluding hydrogens is 315 g/mol. The maximum absolute atomic E-state index is 11.8. The van der Waals surface area contributed by atoms with E-state index in [2.05, 4.69) is 10.5 Å². The fraction of sp³-hybridized carbons (Fsp3) is 0. The Morgan fingerprint density at radius 1 is 1.10 bits per heavy atom. The van der Waals surface area contributed by atoms with Crippen LogP contribution < -0.4 is 5.43 Å². The average molecular weight is 325 g/mol. The third-order valence-electron chi connectivity index (χ3n) is 2.55. The second kappa shape index (κ2) is 6.47. The molecule has 0 aliphatic rings. The van der Waals surface area contributed by atoms with Gasteiger partial charge in [-0.25, -0.2) is 5.43 Å². The highest BCUT2D eigenvalue weighted by atomic mass is 35.5. The first-order valence-corrected chi connectivity index (χ1v) is 6.53. The lowest BCUT2D eigenvalue weighted by molar-refractivity contribution is 0.0952. The van der Waals surface area contributed by atoms with Crippen molar-refractivity contribution in [2.24, 2.45) is 5.10 Å². The number of carbonyl (C=O) groups excluding carboxylic acids is 1. The molecule has 0 aromatic heterocycles. The van der Waals surface area contributed by atoms with Gasteiger partial charge in [-0.3, -0.25) is 4.79 Å². The van der Waals surface area contributed by atoms with Crippen molar-refractivity contribution in [3.8, 4) is 11.5 Å². The minimum Gasteiger partial charge on any atom is -0.508 e. The number of halogens is 2. The smallest absolute Gasteiger partial charge is 0.275 e. The summed E-state index contributed by atoms with van der Waals surface area (Å²) in [5.74, 6) is -1.08. The van der Waals surface area contributed by atoms with Gasteiger partial charge in [0.05, 0.1) is 21.8 Å². The standard InChI is InChI=1S/C14H10Cl2N2O3/c15-11-4-1-8(5-12(11)16)7-17-18-14(21)10-3-2-9(19)6-13(10)20/h1-7,19-20H,(H,18,21)/b17-7+. The summed E-state index contributed by atoms with van der Waals surface area (Å²) in [6.45, 7) is 0. The Morgan fingerprint density at radius 3 is 2.52 bits per heavy atom. The molecule has 0 radical (unpaired) electrons. The van der Waals surface area contributed by atoms with Crippen LogP contribution in [0.15, 0.2) is 41.5 Å². The van der Waals surface area contributed by atoms with Crippen molar-refractivity contribution < 1.29 is 15.0 Å². The molecule has 0 bridgehead atoms. The van der Waals surface area contributed by atoms with Gasteiger partial charge in [0, 0.05) is 6.07 Å². The van der Waals surface area contributed by atoms with Crippen LogP contribution in [-0.2, 0) is 0 Å². The van der Waals surface area contributed by atoms with E-state index in [-0.39, 0.29) is 17.1 Å². The Balaban J connectivity index is 2.06. The summed E-state index contributed by atoms with van der Waals surface area (Å²) in [6.07, 6.45) is 1.39. The summed E-state index contributed by atoms with van der Waals surface area (Å²) in [4.78, 5) is 11.8. The van der Waals surface area contributed by atoms with E-state index in [0.717, 1.165) is 6.07 Å². The number of hydrogen-bond donors (Lipinski definition) is 3. The van der Waals surface area contributed by atoms with Crippen LogP contribution in [0.4, 0.5) is 0 Å². The van der Waals surface area contributed by atoms with Crippen molar-refractivity contribution in [1.29, 1.82) is 0 Å². The van der Waals surface area contributed by atoms with E-state index in [4.69, 9.17) is 28.3 Å². The SMILES string of the molecule is O=C(N/N=C/c1ccc(Cl)c(Cl)c1)c1ccc(O)cc1O. The zero-order valence-electron chi connectivity index (χ0n) is 10.5. The maximum Gasteiger partial charge on any atom is 0.275 e. The number of phenolic OH excluding ortho intramolecular Hbond substituents is 2. The number of aromatic hydroxyl groups is 2. The number of rotatable bonds is 3. The van der Waals surface area contributed by atoms with Crippen LogP contribution in [0.2, 0.25) is 10.0 Å². The van der Waals surface area contributed by atoms with Crippen LogP contribution >= 0.6 is 23.2 Å². The highest BCUT2D eigenvalue weighted by molar-refractivity contribution is 6.42. The van der Waals surface area contributed by atoms with Crippen LogP contribution in [0.5, 0.6) is 11.5 Å². The molecule has 3 N–H and O–H groups in total. The van der Waals surface area contributed by atoms with Crippen molar-refractivity contribution in [2.75, 3.05) is 0 Å². The molecule has 108 valence electrons. The van der Waals surface area contributed by atoms with Gasteiger partial charge in [0.15, 0.2) is 0 Å². The summed E-state index contributed by atoms with van der Waals surface area (Å²) in [5, 5.41) is 23.2. The van der Waals surface area contributed by atoms with Crippen molar-refractivity contribution in [3.63, 3.8) is 0 Å². The molecular formula is C14H10Cl2N2O3. The molecule has 0 aliphatic heterocycles. The highest BCUT2D eigenvalue weighted by Crippen LogP contribution is 2.23. The number of benzene rings is 2. The van der Waals surface area contributed by atoms with Crippen molar-refractivity contribution in [1.82, 2.24) is 5.43 Å². The zero-order chi connectivity index (χ0) is 15.4. The molecule has 21 heavy (non-hydrogen) atoms. The summed E-state index contributed by atoms with van der Waals surface area (Å²) in [7, 11) is 0. The number of carbonyl (C=O) groups is 1. The number of phenols is 2. The first-order valence-electron chi connectivity index (χ1n) is 5.78. The van der Waals surface area contributed by atoms with E-state index in [0.29, 0.717) is 15.6 Å². The lowest BCUT2D eigenvalue weighted by atomic mass is 10.2. The minimum absolute atomic E-state index is 0.000844. The predicted molar refractivity (Wildman–Crippen MR) is 81.3 cm³/mol. The Kier molecular flexibility index (Phi) is 4.67. The van der Waals surface area contributed by atoms with Crippen LogP contribution in [0, 0.1) is 0 Å². The first-order chi connectivity index (χ1) is 9.97. The van der Waals surface area contributed by atoms with Gasteiger partial charge >= 0.3 is 0 Å². The Morgan fingerprint density at radius 2 is 1.86 bits per heavy atom. The van der Waals surface area contributed by atoms with Crippen LogP contribution in [-0.4, -0.2) is 22.3 Å². The molecule has 2 aromatic rings.